The molecule has 4 N–H and O–H groups in total. The van der Waals surface area contributed by atoms with E-state index in [1.165, 1.54) is 18.6 Å². The fourth-order valence-electron chi connectivity index (χ4n) is 5.06. The molecule has 2 aromatic rings. The Labute approximate surface area is 197 Å². The van der Waals surface area contributed by atoms with Crippen LogP contribution in [0.1, 0.15) is 61.9 Å². The molecule has 0 bridgehead atoms. The van der Waals surface area contributed by atoms with E-state index >= 15 is 0 Å². The quantitative estimate of drug-likeness (QED) is 0.421. The number of benzene rings is 1. The SMILES string of the molecule is O=C[C@H](C[C@@H]1CCNC1=O)NC(=O)[C@H](CC1CCCCC1)NC(=O)c1cc2cc(F)ccc2[nH]1. The number of carbonyl (C=O) groups is 4. The van der Waals surface area contributed by atoms with E-state index in [4.69, 9.17) is 0 Å². The first-order valence-electron chi connectivity index (χ1n) is 12.1. The number of nitrogens with one attached hydrogen (secondary N) is 4. The Bertz CT molecular complexity index is 1060. The minimum atomic E-state index is -0.821. The Morgan fingerprint density at radius 2 is 1.88 bits per heavy atom. The van der Waals surface area contributed by atoms with Gasteiger partial charge in [0.05, 0.1) is 6.04 Å². The maximum absolute atomic E-state index is 13.5. The monoisotopic (exact) mass is 470 g/mol. The zero-order chi connectivity index (χ0) is 24.1. The lowest BCUT2D eigenvalue weighted by molar-refractivity contribution is -0.127. The topological polar surface area (TPSA) is 120 Å². The number of hydrogen-bond acceptors (Lipinski definition) is 4. The molecule has 2 heterocycles. The molecule has 2 aliphatic rings. The summed E-state index contributed by atoms with van der Waals surface area (Å²) in [4.78, 5) is 52.7. The van der Waals surface area contributed by atoms with Crippen LogP contribution in [0, 0.1) is 17.7 Å². The van der Waals surface area contributed by atoms with Gasteiger partial charge in [-0.1, -0.05) is 32.1 Å². The van der Waals surface area contributed by atoms with E-state index in [9.17, 15) is 23.6 Å². The number of aromatic amines is 1. The highest BCUT2D eigenvalue weighted by Crippen LogP contribution is 2.28. The van der Waals surface area contributed by atoms with Gasteiger partial charge in [-0.15, -0.1) is 0 Å². The van der Waals surface area contributed by atoms with Crippen molar-refractivity contribution in [1.29, 1.82) is 0 Å². The summed E-state index contributed by atoms with van der Waals surface area (Å²) < 4.78 is 13.5. The van der Waals surface area contributed by atoms with Gasteiger partial charge in [0.15, 0.2) is 0 Å². The van der Waals surface area contributed by atoms with Gasteiger partial charge in [-0.25, -0.2) is 4.39 Å². The lowest BCUT2D eigenvalue weighted by Crippen LogP contribution is -2.51. The molecule has 34 heavy (non-hydrogen) atoms. The van der Waals surface area contributed by atoms with Crippen LogP contribution >= 0.6 is 0 Å². The number of aldehydes is 1. The summed E-state index contributed by atoms with van der Waals surface area (Å²) >= 11 is 0. The molecule has 0 unspecified atom stereocenters. The number of rotatable bonds is 9. The predicted molar refractivity (Wildman–Crippen MR) is 124 cm³/mol. The lowest BCUT2D eigenvalue weighted by atomic mass is 9.84. The van der Waals surface area contributed by atoms with Gasteiger partial charge in [-0.05, 0) is 49.4 Å². The van der Waals surface area contributed by atoms with E-state index in [0.29, 0.717) is 42.5 Å². The molecule has 1 saturated heterocycles. The molecule has 182 valence electrons. The summed E-state index contributed by atoms with van der Waals surface area (Å²) in [6, 6.07) is 4.13. The minimum absolute atomic E-state index is 0.108. The Hall–Kier alpha value is -3.23. The highest BCUT2D eigenvalue weighted by molar-refractivity contribution is 6.00. The zero-order valence-corrected chi connectivity index (χ0v) is 19.1. The summed E-state index contributed by atoms with van der Waals surface area (Å²) in [6.07, 6.45) is 7.32. The highest BCUT2D eigenvalue weighted by atomic mass is 19.1. The van der Waals surface area contributed by atoms with E-state index in [1.807, 2.05) is 0 Å². The molecule has 8 nitrogen and oxygen atoms in total. The average Bonchev–Trinajstić information content (AvgIpc) is 3.44. The molecular weight excluding hydrogens is 439 g/mol. The van der Waals surface area contributed by atoms with Crippen molar-refractivity contribution in [1.82, 2.24) is 20.9 Å². The van der Waals surface area contributed by atoms with Gasteiger partial charge >= 0.3 is 0 Å². The molecule has 1 aromatic heterocycles. The zero-order valence-electron chi connectivity index (χ0n) is 19.1. The minimum Gasteiger partial charge on any atom is -0.356 e. The van der Waals surface area contributed by atoms with Crippen LogP contribution in [0.5, 0.6) is 0 Å². The summed E-state index contributed by atoms with van der Waals surface area (Å²) in [5.41, 5.74) is 0.854. The molecular formula is C25H31FN4O4. The lowest BCUT2D eigenvalue weighted by Gasteiger charge is -2.27. The number of aromatic nitrogens is 1. The molecule has 9 heteroatoms. The van der Waals surface area contributed by atoms with Gasteiger partial charge in [0.1, 0.15) is 23.8 Å². The third-order valence-electron chi connectivity index (χ3n) is 6.94. The first-order valence-corrected chi connectivity index (χ1v) is 12.1. The van der Waals surface area contributed by atoms with Crippen LogP contribution in [0.15, 0.2) is 24.3 Å². The van der Waals surface area contributed by atoms with Gasteiger partial charge in [-0.3, -0.25) is 14.4 Å². The normalized spacial score (nSPS) is 20.5. The van der Waals surface area contributed by atoms with E-state index in [-0.39, 0.29) is 23.9 Å². The number of fused-ring (bicyclic) bond motifs is 1. The second-order valence-corrected chi connectivity index (χ2v) is 9.44. The molecule has 2 fully saturated rings. The highest BCUT2D eigenvalue weighted by Gasteiger charge is 2.31. The van der Waals surface area contributed by atoms with Gasteiger partial charge in [-0.2, -0.15) is 0 Å². The van der Waals surface area contributed by atoms with Crippen molar-refractivity contribution < 1.29 is 23.6 Å². The van der Waals surface area contributed by atoms with E-state index in [2.05, 4.69) is 20.9 Å². The van der Waals surface area contributed by atoms with Crippen molar-refractivity contribution in [2.45, 2.75) is 63.5 Å². The second-order valence-electron chi connectivity index (χ2n) is 9.44. The first kappa shape index (κ1) is 23.9. The number of H-pyrrole nitrogens is 1. The van der Waals surface area contributed by atoms with Crippen molar-refractivity contribution in [3.63, 3.8) is 0 Å². The van der Waals surface area contributed by atoms with E-state index < -0.39 is 29.7 Å². The van der Waals surface area contributed by atoms with Crippen LogP contribution in [0.25, 0.3) is 10.9 Å². The fourth-order valence-corrected chi connectivity index (χ4v) is 5.06. The second kappa shape index (κ2) is 10.8. The number of carbonyl (C=O) groups excluding carboxylic acids is 4. The maximum atomic E-state index is 13.5. The molecule has 3 atom stereocenters. The predicted octanol–water partition coefficient (Wildman–Crippen LogP) is 2.59. The smallest absolute Gasteiger partial charge is 0.268 e. The van der Waals surface area contributed by atoms with E-state index in [0.717, 1.165) is 25.7 Å². The van der Waals surface area contributed by atoms with Crippen molar-refractivity contribution >= 4 is 34.9 Å². The molecule has 1 aromatic carbocycles. The van der Waals surface area contributed by atoms with Crippen LogP contribution in [0.3, 0.4) is 0 Å². The summed E-state index contributed by atoms with van der Waals surface area (Å²) in [6.45, 7) is 0.567. The van der Waals surface area contributed by atoms with Gasteiger partial charge < -0.3 is 25.7 Å². The van der Waals surface area contributed by atoms with Gasteiger partial charge in [0.2, 0.25) is 11.8 Å². The first-order chi connectivity index (χ1) is 16.4. The molecule has 1 aliphatic heterocycles. The Morgan fingerprint density at radius 3 is 2.59 bits per heavy atom. The Balaban J connectivity index is 1.46. The van der Waals surface area contributed by atoms with Crippen LogP contribution in [-0.4, -0.2) is 47.6 Å². The summed E-state index contributed by atoms with van der Waals surface area (Å²) in [5.74, 6) is -1.42. The molecule has 1 saturated carbocycles. The molecule has 0 radical (unpaired) electrons. The van der Waals surface area contributed by atoms with Crippen LogP contribution < -0.4 is 16.0 Å². The number of hydrogen-bond donors (Lipinski definition) is 4. The van der Waals surface area contributed by atoms with Crippen LogP contribution in [0.2, 0.25) is 0 Å². The average molecular weight is 471 g/mol. The van der Waals surface area contributed by atoms with Gasteiger partial charge in [0.25, 0.3) is 5.91 Å². The molecule has 4 rings (SSSR count). The molecule has 1 aliphatic carbocycles. The largest absolute Gasteiger partial charge is 0.356 e. The molecule has 0 spiro atoms. The van der Waals surface area contributed by atoms with Gasteiger partial charge in [0, 0.05) is 23.4 Å². The third-order valence-corrected chi connectivity index (χ3v) is 6.94. The van der Waals surface area contributed by atoms with Crippen LogP contribution in [0.4, 0.5) is 4.39 Å². The van der Waals surface area contributed by atoms with Crippen molar-refractivity contribution in [2.75, 3.05) is 6.54 Å². The maximum Gasteiger partial charge on any atom is 0.268 e. The van der Waals surface area contributed by atoms with Crippen LogP contribution in [-0.2, 0) is 14.4 Å². The van der Waals surface area contributed by atoms with Crippen molar-refractivity contribution in [3.05, 3.63) is 35.8 Å². The van der Waals surface area contributed by atoms with Crippen molar-refractivity contribution in [2.24, 2.45) is 11.8 Å². The molecule has 3 amide bonds. The summed E-state index contributed by atoms with van der Waals surface area (Å²) in [7, 11) is 0. The Morgan fingerprint density at radius 1 is 1.09 bits per heavy atom. The van der Waals surface area contributed by atoms with E-state index in [1.54, 1.807) is 12.1 Å². The summed E-state index contributed by atoms with van der Waals surface area (Å²) in [5, 5.41) is 8.85. The van der Waals surface area contributed by atoms with Crippen molar-refractivity contribution in [3.8, 4) is 0 Å². The Kier molecular flexibility index (Phi) is 7.59. The third kappa shape index (κ3) is 5.81. The standard InChI is InChI=1S/C25H31FN4O4/c26-18-6-7-20-17(11-18)13-22(29-20)25(34)30-21(10-15-4-2-1-3-5-15)24(33)28-19(14-31)12-16-8-9-27-23(16)32/h6-7,11,13-16,19,21,29H,1-5,8-10,12H2,(H,27,32)(H,28,33)(H,30,34)/t16-,19-,21-/m0/s1. The number of amides is 3. The fraction of sp³-hybridized carbons (Fsp3) is 0.520. The number of halogens is 1.